The summed E-state index contributed by atoms with van der Waals surface area (Å²) in [6.07, 6.45) is 7.11. The third-order valence-electron chi connectivity index (χ3n) is 5.96. The fraction of sp³-hybridized carbons (Fsp3) is 0.381. The lowest BCUT2D eigenvalue weighted by Gasteiger charge is -2.31. The first-order valence-electron chi connectivity index (χ1n) is 9.79. The molecule has 0 unspecified atom stereocenters. The first-order valence-corrected chi connectivity index (χ1v) is 9.79. The lowest BCUT2D eigenvalue weighted by molar-refractivity contribution is -0.125. The van der Waals surface area contributed by atoms with Gasteiger partial charge in [0.1, 0.15) is 11.3 Å². The van der Waals surface area contributed by atoms with E-state index in [1.807, 2.05) is 6.07 Å². The van der Waals surface area contributed by atoms with E-state index in [0.717, 1.165) is 36.8 Å². The summed E-state index contributed by atoms with van der Waals surface area (Å²) in [4.78, 5) is 25.2. The highest BCUT2D eigenvalue weighted by atomic mass is 16.5. The second-order valence-corrected chi connectivity index (χ2v) is 7.74. The summed E-state index contributed by atoms with van der Waals surface area (Å²) in [5, 5.41) is 10.5. The molecule has 1 aliphatic carbocycles. The average Bonchev–Trinajstić information content (AvgIpc) is 3.41. The standard InChI is InChI=1S/C21H22N4O4/c1-25-10-15(14-9-22-24-17(14)21(25)27)13-7-12(28-2)8-16-19(13)29-18(20(26)23-16)11-5-3-4-6-11/h7-11,18H,3-6H2,1-2H3,(H,22,24)(H,23,26)/t18-/m0/s1. The Morgan fingerprint density at radius 2 is 2.00 bits per heavy atom. The number of amides is 1. The first kappa shape index (κ1) is 17.8. The molecule has 1 amide bonds. The number of fused-ring (bicyclic) bond motifs is 2. The number of benzene rings is 1. The van der Waals surface area contributed by atoms with E-state index in [4.69, 9.17) is 9.47 Å². The van der Waals surface area contributed by atoms with Crippen LogP contribution < -0.4 is 20.3 Å². The van der Waals surface area contributed by atoms with Crippen molar-refractivity contribution in [3.05, 3.63) is 34.9 Å². The Morgan fingerprint density at radius 3 is 2.76 bits per heavy atom. The van der Waals surface area contributed by atoms with Crippen LogP contribution in [0.5, 0.6) is 11.5 Å². The maximum atomic E-state index is 12.7. The Kier molecular flexibility index (Phi) is 4.08. The van der Waals surface area contributed by atoms with Gasteiger partial charge in [-0.2, -0.15) is 5.10 Å². The minimum Gasteiger partial charge on any atom is -0.497 e. The molecule has 0 bridgehead atoms. The van der Waals surface area contributed by atoms with Crippen LogP contribution in [0.2, 0.25) is 0 Å². The van der Waals surface area contributed by atoms with E-state index < -0.39 is 6.10 Å². The van der Waals surface area contributed by atoms with Crippen molar-refractivity contribution >= 4 is 22.5 Å². The van der Waals surface area contributed by atoms with E-state index >= 15 is 0 Å². The largest absolute Gasteiger partial charge is 0.497 e. The van der Waals surface area contributed by atoms with Crippen LogP contribution in [0.3, 0.4) is 0 Å². The molecule has 29 heavy (non-hydrogen) atoms. The van der Waals surface area contributed by atoms with Crippen LogP contribution in [-0.2, 0) is 11.8 Å². The number of carbonyl (C=O) groups excluding carboxylic acids is 1. The topological polar surface area (TPSA) is 98.2 Å². The van der Waals surface area contributed by atoms with Gasteiger partial charge in [-0.05, 0) is 18.9 Å². The van der Waals surface area contributed by atoms with Crippen LogP contribution in [-0.4, -0.2) is 33.9 Å². The SMILES string of the molecule is COc1cc2c(c(-c3cn(C)c(=O)c4[nH]ncc34)c1)O[C@@H](C1CCCC1)C(=O)N2. The minimum atomic E-state index is -0.510. The van der Waals surface area contributed by atoms with Crippen LogP contribution in [0, 0.1) is 5.92 Å². The number of aromatic amines is 1. The molecule has 1 saturated carbocycles. The molecule has 150 valence electrons. The summed E-state index contributed by atoms with van der Waals surface area (Å²) in [5.74, 6) is 1.29. The molecule has 2 N–H and O–H groups in total. The summed E-state index contributed by atoms with van der Waals surface area (Å²) < 4.78 is 13.3. The number of hydrogen-bond donors (Lipinski definition) is 2. The van der Waals surface area contributed by atoms with Crippen LogP contribution in [0.25, 0.3) is 22.0 Å². The van der Waals surface area contributed by atoms with Crippen LogP contribution in [0.15, 0.2) is 29.3 Å². The molecular weight excluding hydrogens is 372 g/mol. The quantitative estimate of drug-likeness (QED) is 0.712. The minimum absolute atomic E-state index is 0.113. The van der Waals surface area contributed by atoms with Gasteiger partial charge in [0.2, 0.25) is 0 Å². The van der Waals surface area contributed by atoms with E-state index in [-0.39, 0.29) is 17.4 Å². The van der Waals surface area contributed by atoms with E-state index in [2.05, 4.69) is 15.5 Å². The Bertz CT molecular complexity index is 1170. The molecule has 5 rings (SSSR count). The number of H-pyrrole nitrogens is 1. The van der Waals surface area contributed by atoms with Gasteiger partial charge >= 0.3 is 0 Å². The Balaban J connectivity index is 1.72. The number of rotatable bonds is 3. The van der Waals surface area contributed by atoms with Gasteiger partial charge in [-0.25, -0.2) is 0 Å². The molecule has 0 saturated heterocycles. The van der Waals surface area contributed by atoms with Gasteiger partial charge in [0.15, 0.2) is 11.9 Å². The highest BCUT2D eigenvalue weighted by Gasteiger charge is 2.37. The van der Waals surface area contributed by atoms with Crippen LogP contribution in [0.4, 0.5) is 5.69 Å². The molecule has 1 fully saturated rings. The summed E-state index contributed by atoms with van der Waals surface area (Å²) in [6, 6.07) is 3.63. The zero-order valence-electron chi connectivity index (χ0n) is 16.3. The molecular formula is C21H22N4O4. The molecule has 1 aliphatic heterocycles. The van der Waals surface area contributed by atoms with Crippen molar-refractivity contribution in [1.29, 1.82) is 0 Å². The normalized spacial score (nSPS) is 19.1. The predicted octanol–water partition coefficient (Wildman–Crippen LogP) is 2.83. The van der Waals surface area contributed by atoms with Gasteiger partial charge in [0, 0.05) is 41.7 Å². The van der Waals surface area contributed by atoms with Crippen molar-refractivity contribution in [3.63, 3.8) is 0 Å². The van der Waals surface area contributed by atoms with E-state index in [1.54, 1.807) is 32.6 Å². The van der Waals surface area contributed by atoms with Gasteiger partial charge in [-0.1, -0.05) is 12.8 Å². The van der Waals surface area contributed by atoms with Gasteiger partial charge in [-0.15, -0.1) is 0 Å². The fourth-order valence-corrected chi connectivity index (χ4v) is 4.46. The lowest BCUT2D eigenvalue weighted by Crippen LogP contribution is -2.41. The maximum absolute atomic E-state index is 12.7. The van der Waals surface area contributed by atoms with Crippen LogP contribution >= 0.6 is 0 Å². The average molecular weight is 394 g/mol. The zero-order chi connectivity index (χ0) is 20.1. The van der Waals surface area contributed by atoms with Crippen molar-refractivity contribution < 1.29 is 14.3 Å². The van der Waals surface area contributed by atoms with Crippen molar-refractivity contribution in [2.24, 2.45) is 13.0 Å². The number of nitrogens with zero attached hydrogens (tertiary/aromatic N) is 2. The van der Waals surface area contributed by atoms with E-state index in [1.165, 1.54) is 4.57 Å². The highest BCUT2D eigenvalue weighted by Crippen LogP contribution is 2.46. The molecule has 1 aromatic carbocycles. The molecule has 2 aliphatic rings. The lowest BCUT2D eigenvalue weighted by atomic mass is 9.96. The van der Waals surface area contributed by atoms with Gasteiger partial charge in [0.05, 0.1) is 19.0 Å². The van der Waals surface area contributed by atoms with Gasteiger partial charge < -0.3 is 19.4 Å². The van der Waals surface area contributed by atoms with Crippen molar-refractivity contribution in [2.45, 2.75) is 31.8 Å². The Labute approximate surface area is 166 Å². The number of methoxy groups -OCH3 is 1. The van der Waals surface area contributed by atoms with Crippen LogP contribution in [0.1, 0.15) is 25.7 Å². The number of pyridine rings is 1. The summed E-state index contributed by atoms with van der Waals surface area (Å²) >= 11 is 0. The van der Waals surface area contributed by atoms with Crippen molar-refractivity contribution in [1.82, 2.24) is 14.8 Å². The fourth-order valence-electron chi connectivity index (χ4n) is 4.46. The number of ether oxygens (including phenoxy) is 2. The molecule has 0 spiro atoms. The van der Waals surface area contributed by atoms with Gasteiger partial charge in [-0.3, -0.25) is 14.7 Å². The molecule has 8 heteroatoms. The highest BCUT2D eigenvalue weighted by molar-refractivity contribution is 6.03. The first-order chi connectivity index (χ1) is 14.1. The summed E-state index contributed by atoms with van der Waals surface area (Å²) in [7, 11) is 3.27. The smallest absolute Gasteiger partial charge is 0.276 e. The second kappa shape index (κ2) is 6.65. The molecule has 3 aromatic rings. The number of nitrogens with one attached hydrogen (secondary N) is 2. The predicted molar refractivity (Wildman–Crippen MR) is 108 cm³/mol. The third kappa shape index (κ3) is 2.78. The summed E-state index contributed by atoms with van der Waals surface area (Å²) in [6.45, 7) is 0. The number of carbonyl (C=O) groups is 1. The molecule has 8 nitrogen and oxygen atoms in total. The number of hydrogen-bond acceptors (Lipinski definition) is 5. The number of aromatic nitrogens is 3. The summed E-state index contributed by atoms with van der Waals surface area (Å²) in [5.41, 5.74) is 2.38. The molecule has 0 radical (unpaired) electrons. The monoisotopic (exact) mass is 394 g/mol. The molecule has 2 aromatic heterocycles. The number of aryl methyl sites for hydroxylation is 1. The Hall–Kier alpha value is -3.29. The van der Waals surface area contributed by atoms with Gasteiger partial charge in [0.25, 0.3) is 11.5 Å². The Morgan fingerprint density at radius 1 is 1.21 bits per heavy atom. The van der Waals surface area contributed by atoms with Crippen molar-refractivity contribution in [3.8, 4) is 22.6 Å². The second-order valence-electron chi connectivity index (χ2n) is 7.74. The maximum Gasteiger partial charge on any atom is 0.276 e. The van der Waals surface area contributed by atoms with E-state index in [0.29, 0.717) is 28.1 Å². The van der Waals surface area contributed by atoms with E-state index in [9.17, 15) is 9.59 Å². The third-order valence-corrected chi connectivity index (χ3v) is 5.96. The molecule has 1 atom stereocenters. The van der Waals surface area contributed by atoms with Crippen molar-refractivity contribution in [2.75, 3.05) is 12.4 Å². The molecule has 3 heterocycles. The number of anilines is 1. The zero-order valence-corrected chi connectivity index (χ0v) is 16.3.